The summed E-state index contributed by atoms with van der Waals surface area (Å²) in [6.07, 6.45) is 8.37. The molecule has 5 rings (SSSR count). The molecule has 2 N–H and O–H groups in total. The van der Waals surface area contributed by atoms with Crippen molar-refractivity contribution < 1.29 is 9.53 Å². The number of ether oxygens (including phenoxy) is 1. The maximum atomic E-state index is 11.6. The molecular formula is C21H27N7O2. The maximum Gasteiger partial charge on any atom is 0.225 e. The van der Waals surface area contributed by atoms with E-state index in [0.717, 1.165) is 48.1 Å². The number of hydrogen-bond donors (Lipinski definition) is 2. The molecular weight excluding hydrogens is 382 g/mol. The molecule has 0 aliphatic carbocycles. The van der Waals surface area contributed by atoms with Crippen LogP contribution in [-0.2, 0) is 11.8 Å². The third-order valence-corrected chi connectivity index (χ3v) is 6.13. The SMILES string of the molecule is CC(Oc1nc(-c2cnn(C3CCNCC3)c2)cc2nn(C)cc12)C1CNC(=O)C1. The van der Waals surface area contributed by atoms with E-state index in [2.05, 4.69) is 31.7 Å². The zero-order chi connectivity index (χ0) is 20.7. The fraction of sp³-hybridized carbons (Fsp3) is 0.524. The van der Waals surface area contributed by atoms with E-state index < -0.39 is 0 Å². The molecule has 9 heteroatoms. The topological polar surface area (TPSA) is 98.9 Å². The van der Waals surface area contributed by atoms with Gasteiger partial charge in [0, 0.05) is 43.9 Å². The lowest BCUT2D eigenvalue weighted by molar-refractivity contribution is -0.119. The monoisotopic (exact) mass is 409 g/mol. The molecule has 0 spiro atoms. The van der Waals surface area contributed by atoms with E-state index in [1.165, 1.54) is 0 Å². The molecule has 1 amide bonds. The first-order valence-corrected chi connectivity index (χ1v) is 10.6. The molecule has 2 aliphatic rings. The van der Waals surface area contributed by atoms with E-state index in [1.807, 2.05) is 32.4 Å². The predicted molar refractivity (Wildman–Crippen MR) is 112 cm³/mol. The van der Waals surface area contributed by atoms with E-state index in [-0.39, 0.29) is 17.9 Å². The third-order valence-electron chi connectivity index (χ3n) is 6.13. The van der Waals surface area contributed by atoms with Crippen molar-refractivity contribution in [3.8, 4) is 17.1 Å². The molecule has 158 valence electrons. The van der Waals surface area contributed by atoms with Gasteiger partial charge >= 0.3 is 0 Å². The average Bonchev–Trinajstić information content (AvgIpc) is 3.47. The Hall–Kier alpha value is -2.94. The lowest BCUT2D eigenvalue weighted by atomic mass is 10.0. The molecule has 2 fully saturated rings. The predicted octanol–water partition coefficient (Wildman–Crippen LogP) is 1.66. The van der Waals surface area contributed by atoms with E-state index in [0.29, 0.717) is 24.9 Å². The molecule has 0 radical (unpaired) electrons. The first-order valence-electron chi connectivity index (χ1n) is 10.6. The number of aryl methyl sites for hydroxylation is 1. The molecule has 0 bridgehead atoms. The summed E-state index contributed by atoms with van der Waals surface area (Å²) in [7, 11) is 1.89. The van der Waals surface area contributed by atoms with Crippen LogP contribution < -0.4 is 15.4 Å². The highest BCUT2D eigenvalue weighted by Crippen LogP contribution is 2.31. The molecule has 5 heterocycles. The van der Waals surface area contributed by atoms with E-state index in [9.17, 15) is 4.79 Å². The number of carbonyl (C=O) groups excluding carboxylic acids is 1. The fourth-order valence-corrected chi connectivity index (χ4v) is 4.32. The van der Waals surface area contributed by atoms with Crippen molar-refractivity contribution in [3.05, 3.63) is 24.7 Å². The third kappa shape index (κ3) is 3.65. The van der Waals surface area contributed by atoms with Gasteiger partial charge in [-0.15, -0.1) is 0 Å². The molecule has 2 unspecified atom stereocenters. The van der Waals surface area contributed by atoms with Gasteiger partial charge in [-0.2, -0.15) is 10.2 Å². The van der Waals surface area contributed by atoms with Crippen LogP contribution in [0.4, 0.5) is 0 Å². The summed E-state index contributed by atoms with van der Waals surface area (Å²) in [4.78, 5) is 16.4. The zero-order valence-electron chi connectivity index (χ0n) is 17.3. The number of piperidine rings is 1. The summed E-state index contributed by atoms with van der Waals surface area (Å²) < 4.78 is 10.1. The normalized spacial score (nSPS) is 21.1. The van der Waals surface area contributed by atoms with Gasteiger partial charge in [0.1, 0.15) is 6.10 Å². The summed E-state index contributed by atoms with van der Waals surface area (Å²) in [6.45, 7) is 4.67. The second-order valence-electron chi connectivity index (χ2n) is 8.33. The Bertz CT molecular complexity index is 1070. The maximum absolute atomic E-state index is 11.6. The van der Waals surface area contributed by atoms with Crippen molar-refractivity contribution in [2.45, 2.75) is 38.3 Å². The number of amides is 1. The highest BCUT2D eigenvalue weighted by Gasteiger charge is 2.29. The van der Waals surface area contributed by atoms with Gasteiger partial charge < -0.3 is 15.4 Å². The van der Waals surface area contributed by atoms with Crippen LogP contribution in [0.3, 0.4) is 0 Å². The van der Waals surface area contributed by atoms with Gasteiger partial charge in [0.25, 0.3) is 0 Å². The van der Waals surface area contributed by atoms with Gasteiger partial charge in [-0.1, -0.05) is 0 Å². The fourth-order valence-electron chi connectivity index (χ4n) is 4.32. The molecule has 2 aliphatic heterocycles. The molecule has 0 aromatic carbocycles. The number of hydrogen-bond acceptors (Lipinski definition) is 6. The summed E-state index contributed by atoms with van der Waals surface area (Å²) in [5, 5.41) is 16.3. The van der Waals surface area contributed by atoms with Gasteiger partial charge in [-0.3, -0.25) is 14.2 Å². The van der Waals surface area contributed by atoms with Crippen LogP contribution in [0.5, 0.6) is 5.88 Å². The Morgan fingerprint density at radius 1 is 1.27 bits per heavy atom. The van der Waals surface area contributed by atoms with Crippen LogP contribution >= 0.6 is 0 Å². The number of fused-ring (bicyclic) bond motifs is 1. The summed E-state index contributed by atoms with van der Waals surface area (Å²) in [6, 6.07) is 2.40. The second-order valence-corrected chi connectivity index (χ2v) is 8.33. The van der Waals surface area contributed by atoms with Gasteiger partial charge in [0.05, 0.1) is 28.8 Å². The van der Waals surface area contributed by atoms with Crippen molar-refractivity contribution in [2.75, 3.05) is 19.6 Å². The van der Waals surface area contributed by atoms with Gasteiger partial charge in [0.2, 0.25) is 11.8 Å². The number of nitrogens with zero attached hydrogens (tertiary/aromatic N) is 5. The van der Waals surface area contributed by atoms with Crippen LogP contribution in [0.1, 0.15) is 32.2 Å². The number of pyridine rings is 1. The van der Waals surface area contributed by atoms with E-state index in [1.54, 1.807) is 4.68 Å². The van der Waals surface area contributed by atoms with Crippen molar-refractivity contribution >= 4 is 16.8 Å². The van der Waals surface area contributed by atoms with Crippen LogP contribution in [-0.4, -0.2) is 56.2 Å². The Labute approximate surface area is 174 Å². The lowest BCUT2D eigenvalue weighted by Crippen LogP contribution is -2.29. The number of nitrogens with one attached hydrogen (secondary N) is 2. The smallest absolute Gasteiger partial charge is 0.225 e. The first-order chi connectivity index (χ1) is 14.6. The minimum atomic E-state index is -0.132. The summed E-state index contributed by atoms with van der Waals surface area (Å²) >= 11 is 0. The standard InChI is InChI=1S/C21H27N7O2/c1-13(14-7-20(29)23-9-14)30-21-17-12-27(2)26-19(17)8-18(25-21)15-10-24-28(11-15)16-3-5-22-6-4-16/h8,10-14,16,22H,3-7,9H2,1-2H3,(H,23,29). The van der Waals surface area contributed by atoms with Crippen LogP contribution in [0.2, 0.25) is 0 Å². The Morgan fingerprint density at radius 3 is 2.87 bits per heavy atom. The second kappa shape index (κ2) is 7.71. The zero-order valence-corrected chi connectivity index (χ0v) is 17.3. The highest BCUT2D eigenvalue weighted by atomic mass is 16.5. The van der Waals surface area contributed by atoms with Gasteiger partial charge in [-0.05, 0) is 38.9 Å². The van der Waals surface area contributed by atoms with E-state index in [4.69, 9.17) is 9.72 Å². The largest absolute Gasteiger partial charge is 0.474 e. The number of aromatic nitrogens is 5. The van der Waals surface area contributed by atoms with Crippen molar-refractivity contribution in [3.63, 3.8) is 0 Å². The molecule has 0 saturated carbocycles. The number of carbonyl (C=O) groups is 1. The van der Waals surface area contributed by atoms with Crippen molar-refractivity contribution in [1.29, 1.82) is 0 Å². The first kappa shape index (κ1) is 19.0. The Balaban J connectivity index is 1.46. The Morgan fingerprint density at radius 2 is 2.10 bits per heavy atom. The van der Waals surface area contributed by atoms with E-state index >= 15 is 0 Å². The minimum absolute atomic E-state index is 0.0778. The summed E-state index contributed by atoms with van der Waals surface area (Å²) in [5.41, 5.74) is 2.58. The molecule has 9 nitrogen and oxygen atoms in total. The van der Waals surface area contributed by atoms with Crippen molar-refractivity contribution in [2.24, 2.45) is 13.0 Å². The lowest BCUT2D eigenvalue weighted by Gasteiger charge is -2.22. The molecule has 30 heavy (non-hydrogen) atoms. The van der Waals surface area contributed by atoms with Gasteiger partial charge in [0.15, 0.2) is 0 Å². The highest BCUT2D eigenvalue weighted by molar-refractivity contribution is 5.86. The van der Waals surface area contributed by atoms with Crippen LogP contribution in [0, 0.1) is 5.92 Å². The van der Waals surface area contributed by atoms with Crippen LogP contribution in [0.25, 0.3) is 22.2 Å². The van der Waals surface area contributed by atoms with Crippen LogP contribution in [0.15, 0.2) is 24.7 Å². The van der Waals surface area contributed by atoms with Crippen molar-refractivity contribution in [1.82, 2.24) is 35.2 Å². The molecule has 2 saturated heterocycles. The molecule has 2 atom stereocenters. The Kier molecular flexibility index (Phi) is 4.90. The average molecular weight is 409 g/mol. The number of rotatable bonds is 5. The quantitative estimate of drug-likeness (QED) is 0.665. The molecule has 3 aromatic heterocycles. The molecule has 3 aromatic rings. The van der Waals surface area contributed by atoms with Gasteiger partial charge in [-0.25, -0.2) is 4.98 Å². The summed E-state index contributed by atoms with van der Waals surface area (Å²) in [5.74, 6) is 0.767. The minimum Gasteiger partial charge on any atom is -0.474 e.